The summed E-state index contributed by atoms with van der Waals surface area (Å²) < 4.78 is 1.80. The maximum Gasteiger partial charge on any atom is 0.237 e. The van der Waals surface area contributed by atoms with Gasteiger partial charge in [-0.2, -0.15) is 11.8 Å². The molecule has 1 fully saturated rings. The number of nitrogens with zero attached hydrogens (tertiary/aromatic N) is 2. The zero-order valence-electron chi connectivity index (χ0n) is 12.0. The second-order valence-electron chi connectivity index (χ2n) is 6.49. The van der Waals surface area contributed by atoms with Gasteiger partial charge >= 0.3 is 0 Å². The molecule has 3 unspecified atom stereocenters. The summed E-state index contributed by atoms with van der Waals surface area (Å²) in [6.07, 6.45) is 5.39. The van der Waals surface area contributed by atoms with Gasteiger partial charge in [0.2, 0.25) is 5.91 Å². The van der Waals surface area contributed by atoms with Gasteiger partial charge in [-0.25, -0.2) is 4.98 Å². The minimum absolute atomic E-state index is 0.0524. The molecule has 2 aliphatic heterocycles. The second kappa shape index (κ2) is 4.38. The molecule has 1 aliphatic carbocycles. The standard InChI is InChI=1S/C17H16N2O2S/c20-10-4-5-14-13(6-10)18-16-12-3-1-2-11(9-7-22-8-9)15(12)17(21)19(14)16/h1-2,4-6,9,11-12,15,20H,3,7-8H2. The first-order valence-electron chi connectivity index (χ1n) is 7.74. The van der Waals surface area contributed by atoms with E-state index >= 15 is 0 Å². The van der Waals surface area contributed by atoms with Crippen LogP contribution in [0.1, 0.15) is 23.0 Å². The van der Waals surface area contributed by atoms with Crippen LogP contribution >= 0.6 is 11.8 Å². The van der Waals surface area contributed by atoms with Crippen LogP contribution in [-0.4, -0.2) is 32.1 Å². The van der Waals surface area contributed by atoms with Gasteiger partial charge in [0.15, 0.2) is 0 Å². The Morgan fingerprint density at radius 3 is 2.95 bits per heavy atom. The molecule has 3 atom stereocenters. The van der Waals surface area contributed by atoms with Gasteiger partial charge in [0, 0.05) is 12.0 Å². The number of phenolic OH excluding ortho intramolecular Hbond substituents is 1. The van der Waals surface area contributed by atoms with Crippen molar-refractivity contribution in [3.8, 4) is 5.75 Å². The van der Waals surface area contributed by atoms with Crippen molar-refractivity contribution < 1.29 is 9.90 Å². The Labute approximate surface area is 132 Å². The Bertz CT molecular complexity index is 821. The lowest BCUT2D eigenvalue weighted by atomic mass is 9.72. The van der Waals surface area contributed by atoms with Crippen LogP contribution in [0.3, 0.4) is 0 Å². The predicted molar refractivity (Wildman–Crippen MR) is 86.3 cm³/mol. The number of rotatable bonds is 1. The Hall–Kier alpha value is -1.75. The SMILES string of the molecule is O=C1C2C(CC=CC2C2CSC2)c2nc3cc(O)ccc3n21. The second-order valence-corrected chi connectivity index (χ2v) is 7.56. The molecule has 22 heavy (non-hydrogen) atoms. The van der Waals surface area contributed by atoms with E-state index in [-0.39, 0.29) is 23.5 Å². The summed E-state index contributed by atoms with van der Waals surface area (Å²) in [6, 6.07) is 5.07. The van der Waals surface area contributed by atoms with Gasteiger partial charge in [-0.1, -0.05) is 12.2 Å². The van der Waals surface area contributed by atoms with Crippen molar-refractivity contribution in [3.05, 3.63) is 36.2 Å². The highest BCUT2D eigenvalue weighted by atomic mass is 32.2. The highest BCUT2D eigenvalue weighted by molar-refractivity contribution is 8.00. The monoisotopic (exact) mass is 312 g/mol. The third-order valence-electron chi connectivity index (χ3n) is 5.31. The molecular formula is C17H16N2O2S. The third-order valence-corrected chi connectivity index (χ3v) is 6.63. The van der Waals surface area contributed by atoms with E-state index in [1.165, 1.54) is 11.5 Å². The number of thioether (sulfide) groups is 1. The lowest BCUT2D eigenvalue weighted by Gasteiger charge is -2.38. The fraction of sp³-hybridized carbons (Fsp3) is 0.412. The molecule has 1 aromatic carbocycles. The van der Waals surface area contributed by atoms with Crippen molar-refractivity contribution in [3.63, 3.8) is 0 Å². The normalized spacial score (nSPS) is 30.4. The minimum atomic E-state index is 0.0524. The molecule has 5 rings (SSSR count). The van der Waals surface area contributed by atoms with Gasteiger partial charge in [-0.3, -0.25) is 9.36 Å². The molecule has 0 amide bonds. The van der Waals surface area contributed by atoms with Crippen LogP contribution in [-0.2, 0) is 0 Å². The van der Waals surface area contributed by atoms with Crippen molar-refractivity contribution in [2.45, 2.75) is 12.3 Å². The molecule has 4 nitrogen and oxygen atoms in total. The summed E-state index contributed by atoms with van der Waals surface area (Å²) in [5.41, 5.74) is 1.54. The summed E-state index contributed by atoms with van der Waals surface area (Å²) in [6.45, 7) is 0. The van der Waals surface area contributed by atoms with E-state index in [0.29, 0.717) is 17.4 Å². The van der Waals surface area contributed by atoms with Crippen molar-refractivity contribution >= 4 is 28.7 Å². The fourth-order valence-electron chi connectivity index (χ4n) is 4.16. The molecule has 0 bridgehead atoms. The van der Waals surface area contributed by atoms with Crippen molar-refractivity contribution in [1.82, 2.24) is 9.55 Å². The van der Waals surface area contributed by atoms with E-state index in [1.807, 2.05) is 11.8 Å². The predicted octanol–water partition coefficient (Wildman–Crippen LogP) is 3.03. The molecular weight excluding hydrogens is 296 g/mol. The number of phenols is 1. The molecule has 1 aromatic heterocycles. The minimum Gasteiger partial charge on any atom is -0.508 e. The summed E-state index contributed by atoms with van der Waals surface area (Å²) in [5, 5.41) is 9.63. The molecule has 3 heterocycles. The number of hydrogen-bond donors (Lipinski definition) is 1. The molecule has 0 radical (unpaired) electrons. The number of allylic oxidation sites excluding steroid dienone is 2. The maximum absolute atomic E-state index is 13.1. The first kappa shape index (κ1) is 12.8. The van der Waals surface area contributed by atoms with Crippen LogP contribution in [0.15, 0.2) is 30.4 Å². The molecule has 0 saturated carbocycles. The van der Waals surface area contributed by atoms with E-state index in [9.17, 15) is 9.90 Å². The molecule has 0 spiro atoms. The van der Waals surface area contributed by atoms with Gasteiger partial charge in [0.25, 0.3) is 0 Å². The smallest absolute Gasteiger partial charge is 0.237 e. The average Bonchev–Trinajstić information content (AvgIpc) is 2.94. The number of imidazole rings is 1. The number of carbonyl (C=O) groups excluding carboxylic acids is 1. The number of aromatic hydroxyl groups is 1. The number of hydrogen-bond acceptors (Lipinski definition) is 4. The fourth-order valence-corrected chi connectivity index (χ4v) is 5.12. The van der Waals surface area contributed by atoms with E-state index in [1.54, 1.807) is 22.8 Å². The molecule has 112 valence electrons. The summed E-state index contributed by atoms with van der Waals surface area (Å²) in [7, 11) is 0. The first-order valence-corrected chi connectivity index (χ1v) is 8.89. The van der Waals surface area contributed by atoms with Crippen LogP contribution in [0.4, 0.5) is 0 Å². The van der Waals surface area contributed by atoms with E-state index in [0.717, 1.165) is 17.8 Å². The average molecular weight is 312 g/mol. The number of fused-ring (bicyclic) bond motifs is 5. The number of aromatic nitrogens is 2. The Morgan fingerprint density at radius 2 is 2.18 bits per heavy atom. The third kappa shape index (κ3) is 1.55. The molecule has 1 N–H and O–H groups in total. The topological polar surface area (TPSA) is 55.1 Å². The van der Waals surface area contributed by atoms with Gasteiger partial charge in [-0.05, 0) is 41.9 Å². The van der Waals surface area contributed by atoms with E-state index in [4.69, 9.17) is 0 Å². The van der Waals surface area contributed by atoms with Crippen molar-refractivity contribution in [2.75, 3.05) is 11.5 Å². The maximum atomic E-state index is 13.1. The molecule has 5 heteroatoms. The summed E-state index contributed by atoms with van der Waals surface area (Å²) in [4.78, 5) is 17.7. The molecule has 1 saturated heterocycles. The van der Waals surface area contributed by atoms with Crippen molar-refractivity contribution in [2.24, 2.45) is 17.8 Å². The zero-order chi connectivity index (χ0) is 14.8. The lowest BCUT2D eigenvalue weighted by Crippen LogP contribution is -2.37. The molecule has 2 aromatic rings. The highest BCUT2D eigenvalue weighted by Crippen LogP contribution is 2.49. The van der Waals surface area contributed by atoms with Gasteiger partial charge in [0.1, 0.15) is 11.6 Å². The van der Waals surface area contributed by atoms with Crippen LogP contribution in [0, 0.1) is 17.8 Å². The molecule has 3 aliphatic rings. The van der Waals surface area contributed by atoms with E-state index in [2.05, 4.69) is 17.1 Å². The highest BCUT2D eigenvalue weighted by Gasteiger charge is 2.49. The number of carbonyl (C=O) groups is 1. The Kier molecular flexibility index (Phi) is 2.54. The Morgan fingerprint density at radius 1 is 1.32 bits per heavy atom. The van der Waals surface area contributed by atoms with Gasteiger partial charge in [-0.15, -0.1) is 0 Å². The quantitative estimate of drug-likeness (QED) is 0.822. The van der Waals surface area contributed by atoms with Gasteiger partial charge < -0.3 is 5.11 Å². The zero-order valence-corrected chi connectivity index (χ0v) is 12.8. The first-order chi connectivity index (χ1) is 10.7. The Balaban J connectivity index is 1.65. The van der Waals surface area contributed by atoms with Crippen molar-refractivity contribution in [1.29, 1.82) is 0 Å². The largest absolute Gasteiger partial charge is 0.508 e. The van der Waals surface area contributed by atoms with E-state index < -0.39 is 0 Å². The van der Waals surface area contributed by atoms with Crippen LogP contribution in [0.2, 0.25) is 0 Å². The summed E-state index contributed by atoms with van der Waals surface area (Å²) >= 11 is 1.97. The summed E-state index contributed by atoms with van der Waals surface area (Å²) in [5.74, 6) is 4.86. The number of benzene rings is 1. The van der Waals surface area contributed by atoms with Crippen LogP contribution in [0.5, 0.6) is 5.75 Å². The lowest BCUT2D eigenvalue weighted by molar-refractivity contribution is 0.0799. The van der Waals surface area contributed by atoms with Crippen LogP contribution in [0.25, 0.3) is 11.0 Å². The van der Waals surface area contributed by atoms with Gasteiger partial charge in [0.05, 0.1) is 17.0 Å². The van der Waals surface area contributed by atoms with Crippen LogP contribution < -0.4 is 0 Å².